The van der Waals surface area contributed by atoms with Crippen LogP contribution in [0.3, 0.4) is 0 Å². The average molecular weight is 409 g/mol. The van der Waals surface area contributed by atoms with Gasteiger partial charge in [0.1, 0.15) is 0 Å². The first kappa shape index (κ1) is 20.2. The van der Waals surface area contributed by atoms with Gasteiger partial charge < -0.3 is 10.1 Å². The van der Waals surface area contributed by atoms with Crippen LogP contribution < -0.4 is 5.32 Å². The van der Waals surface area contributed by atoms with Crippen LogP contribution in [0.2, 0.25) is 0 Å². The number of ether oxygens (including phenoxy) is 1. The SMILES string of the molecule is Cc1cc(CNCC[C@@]2(c3ccc(C4CCC4)cn3)CCOC3(CCCC3)C2)n[nH]1. The number of H-pyrrole nitrogens is 1. The van der Waals surface area contributed by atoms with Crippen LogP contribution in [0.25, 0.3) is 0 Å². The van der Waals surface area contributed by atoms with E-state index in [0.717, 1.165) is 56.3 Å². The van der Waals surface area contributed by atoms with Gasteiger partial charge in [0, 0.05) is 36.2 Å². The number of pyridine rings is 1. The molecule has 5 heteroatoms. The summed E-state index contributed by atoms with van der Waals surface area (Å²) in [6, 6.07) is 6.83. The van der Waals surface area contributed by atoms with E-state index >= 15 is 0 Å². The van der Waals surface area contributed by atoms with Gasteiger partial charge in [-0.05, 0) is 82.0 Å². The molecular weight excluding hydrogens is 372 g/mol. The van der Waals surface area contributed by atoms with Crippen LogP contribution in [0.1, 0.15) is 92.8 Å². The second-order valence-corrected chi connectivity index (χ2v) is 10.0. The Morgan fingerprint density at radius 1 is 1.17 bits per heavy atom. The highest BCUT2D eigenvalue weighted by molar-refractivity contribution is 5.26. The van der Waals surface area contributed by atoms with Gasteiger partial charge in [0.05, 0.1) is 11.3 Å². The molecule has 0 unspecified atom stereocenters. The minimum atomic E-state index is 0.0892. The van der Waals surface area contributed by atoms with Crippen molar-refractivity contribution in [2.45, 2.75) is 94.6 Å². The Morgan fingerprint density at radius 2 is 2.03 bits per heavy atom. The third-order valence-electron chi connectivity index (χ3n) is 7.92. The molecule has 1 spiro atoms. The van der Waals surface area contributed by atoms with Crippen molar-refractivity contribution in [3.63, 3.8) is 0 Å². The lowest BCUT2D eigenvalue weighted by Crippen LogP contribution is -2.47. The van der Waals surface area contributed by atoms with Gasteiger partial charge in [0.25, 0.3) is 0 Å². The zero-order chi connectivity index (χ0) is 20.4. The maximum absolute atomic E-state index is 6.41. The fraction of sp³-hybridized carbons (Fsp3) is 0.680. The number of aromatic amines is 1. The summed E-state index contributed by atoms with van der Waals surface area (Å²) in [6.45, 7) is 4.71. The highest BCUT2D eigenvalue weighted by Crippen LogP contribution is 2.49. The van der Waals surface area contributed by atoms with Crippen LogP contribution in [0.4, 0.5) is 0 Å². The molecule has 2 N–H and O–H groups in total. The Morgan fingerprint density at radius 3 is 2.70 bits per heavy atom. The van der Waals surface area contributed by atoms with Gasteiger partial charge in [-0.25, -0.2) is 0 Å². The Bertz CT molecular complexity index is 835. The van der Waals surface area contributed by atoms with E-state index in [-0.39, 0.29) is 11.0 Å². The van der Waals surface area contributed by atoms with E-state index < -0.39 is 0 Å². The number of nitrogens with one attached hydrogen (secondary N) is 2. The molecule has 162 valence electrons. The van der Waals surface area contributed by atoms with E-state index in [2.05, 4.69) is 39.9 Å². The monoisotopic (exact) mass is 408 g/mol. The standard InChI is InChI=1S/C25H36N4O/c1-19-15-22(29-28-19)17-26-13-11-24(12-14-30-25(18-24)9-2-3-10-25)23-8-7-21(16-27-23)20-5-4-6-20/h7-8,15-16,20,26H,2-6,9-14,17-18H2,1H3,(H,28,29)/t24-/m1/s1. The molecule has 0 amide bonds. The van der Waals surface area contributed by atoms with E-state index in [1.54, 1.807) is 0 Å². The third-order valence-corrected chi connectivity index (χ3v) is 7.92. The average Bonchev–Trinajstić information content (AvgIpc) is 3.33. The lowest BCUT2D eigenvalue weighted by molar-refractivity contribution is -0.104. The third kappa shape index (κ3) is 4.06. The number of aromatic nitrogens is 3. The highest BCUT2D eigenvalue weighted by Gasteiger charge is 2.48. The molecule has 2 aromatic heterocycles. The lowest BCUT2D eigenvalue weighted by Gasteiger charge is -2.46. The molecule has 2 saturated carbocycles. The van der Waals surface area contributed by atoms with Gasteiger partial charge in [-0.2, -0.15) is 5.10 Å². The molecule has 30 heavy (non-hydrogen) atoms. The maximum atomic E-state index is 6.41. The minimum Gasteiger partial charge on any atom is -0.375 e. The van der Waals surface area contributed by atoms with Crippen molar-refractivity contribution in [3.8, 4) is 0 Å². The molecule has 2 aliphatic carbocycles. The van der Waals surface area contributed by atoms with Gasteiger partial charge in [0.15, 0.2) is 0 Å². The molecule has 1 atom stereocenters. The molecule has 3 fully saturated rings. The van der Waals surface area contributed by atoms with Crippen LogP contribution >= 0.6 is 0 Å². The van der Waals surface area contributed by atoms with Crippen LogP contribution in [0.15, 0.2) is 24.4 Å². The van der Waals surface area contributed by atoms with Crippen LogP contribution in [-0.2, 0) is 16.7 Å². The smallest absolute Gasteiger partial charge is 0.0762 e. The Hall–Kier alpha value is -1.72. The van der Waals surface area contributed by atoms with E-state index in [1.165, 1.54) is 56.2 Å². The second kappa shape index (κ2) is 8.43. The fourth-order valence-corrected chi connectivity index (χ4v) is 5.93. The molecule has 0 radical (unpaired) electrons. The molecule has 0 aromatic carbocycles. The summed E-state index contributed by atoms with van der Waals surface area (Å²) in [6.07, 6.45) is 14.6. The summed E-state index contributed by atoms with van der Waals surface area (Å²) in [5.41, 5.74) is 5.14. The summed E-state index contributed by atoms with van der Waals surface area (Å²) in [5.74, 6) is 0.748. The largest absolute Gasteiger partial charge is 0.375 e. The molecule has 2 aromatic rings. The summed E-state index contributed by atoms with van der Waals surface area (Å²) >= 11 is 0. The summed E-state index contributed by atoms with van der Waals surface area (Å²) in [7, 11) is 0. The minimum absolute atomic E-state index is 0.0892. The molecular formula is C25H36N4O. The topological polar surface area (TPSA) is 62.8 Å². The predicted molar refractivity (Wildman–Crippen MR) is 119 cm³/mol. The van der Waals surface area contributed by atoms with Gasteiger partial charge in [0.2, 0.25) is 0 Å². The predicted octanol–water partition coefficient (Wildman–Crippen LogP) is 4.92. The molecule has 0 bridgehead atoms. The molecule has 1 aliphatic heterocycles. The second-order valence-electron chi connectivity index (χ2n) is 10.0. The quantitative estimate of drug-likeness (QED) is 0.638. The maximum Gasteiger partial charge on any atom is 0.0762 e. The Kier molecular flexibility index (Phi) is 5.67. The molecule has 3 aliphatic rings. The lowest BCUT2D eigenvalue weighted by atomic mass is 9.67. The Labute approximate surface area is 180 Å². The van der Waals surface area contributed by atoms with E-state index in [9.17, 15) is 0 Å². The van der Waals surface area contributed by atoms with Crippen molar-refractivity contribution in [3.05, 3.63) is 47.0 Å². The molecule has 1 saturated heterocycles. The van der Waals surface area contributed by atoms with Gasteiger partial charge >= 0.3 is 0 Å². The van der Waals surface area contributed by atoms with Crippen molar-refractivity contribution < 1.29 is 4.74 Å². The van der Waals surface area contributed by atoms with E-state index in [0.29, 0.717) is 0 Å². The summed E-state index contributed by atoms with van der Waals surface area (Å²) in [4.78, 5) is 5.07. The highest BCUT2D eigenvalue weighted by atomic mass is 16.5. The number of nitrogens with zero attached hydrogens (tertiary/aromatic N) is 2. The van der Waals surface area contributed by atoms with Gasteiger partial charge in [-0.3, -0.25) is 10.1 Å². The first-order valence-corrected chi connectivity index (χ1v) is 12.0. The van der Waals surface area contributed by atoms with Crippen molar-refractivity contribution in [2.24, 2.45) is 0 Å². The van der Waals surface area contributed by atoms with E-state index in [1.807, 2.05) is 6.92 Å². The van der Waals surface area contributed by atoms with Crippen LogP contribution in [0, 0.1) is 6.92 Å². The van der Waals surface area contributed by atoms with E-state index in [4.69, 9.17) is 9.72 Å². The zero-order valence-electron chi connectivity index (χ0n) is 18.4. The molecule has 5 rings (SSSR count). The van der Waals surface area contributed by atoms with Crippen LogP contribution in [0.5, 0.6) is 0 Å². The number of hydrogen-bond donors (Lipinski definition) is 2. The van der Waals surface area contributed by atoms with Crippen LogP contribution in [-0.4, -0.2) is 33.9 Å². The van der Waals surface area contributed by atoms with Crippen molar-refractivity contribution >= 4 is 0 Å². The first-order valence-electron chi connectivity index (χ1n) is 12.0. The summed E-state index contributed by atoms with van der Waals surface area (Å²) in [5, 5.41) is 11.0. The number of hydrogen-bond acceptors (Lipinski definition) is 4. The Balaban J connectivity index is 1.32. The van der Waals surface area contributed by atoms with Crippen molar-refractivity contribution in [2.75, 3.05) is 13.2 Å². The molecule has 5 nitrogen and oxygen atoms in total. The number of rotatable bonds is 7. The zero-order valence-corrected chi connectivity index (χ0v) is 18.4. The fourth-order valence-electron chi connectivity index (χ4n) is 5.93. The number of aryl methyl sites for hydroxylation is 1. The normalized spacial score (nSPS) is 26.2. The van der Waals surface area contributed by atoms with Crippen molar-refractivity contribution in [1.82, 2.24) is 20.5 Å². The summed E-state index contributed by atoms with van der Waals surface area (Å²) < 4.78 is 6.41. The van der Waals surface area contributed by atoms with Gasteiger partial charge in [-0.1, -0.05) is 25.3 Å². The van der Waals surface area contributed by atoms with Crippen molar-refractivity contribution in [1.29, 1.82) is 0 Å². The molecule has 3 heterocycles. The first-order chi connectivity index (χ1) is 14.7. The van der Waals surface area contributed by atoms with Gasteiger partial charge in [-0.15, -0.1) is 0 Å².